The van der Waals surface area contributed by atoms with E-state index in [1.165, 1.54) is 0 Å². The third kappa shape index (κ3) is 2.78. The molecule has 2 heterocycles. The van der Waals surface area contributed by atoms with E-state index in [2.05, 4.69) is 5.32 Å². The summed E-state index contributed by atoms with van der Waals surface area (Å²) in [5.74, 6) is 0. The Balaban J connectivity index is 1.99. The highest BCUT2D eigenvalue weighted by atomic mass is 16.6. The van der Waals surface area contributed by atoms with E-state index in [1.54, 1.807) is 4.90 Å². The van der Waals surface area contributed by atoms with Gasteiger partial charge in [0.05, 0.1) is 12.6 Å². The van der Waals surface area contributed by atoms with Crippen molar-refractivity contribution < 1.29 is 14.6 Å². The van der Waals surface area contributed by atoms with Crippen molar-refractivity contribution in [1.82, 2.24) is 10.2 Å². The van der Waals surface area contributed by atoms with Gasteiger partial charge in [-0.2, -0.15) is 0 Å². The van der Waals surface area contributed by atoms with Crippen LogP contribution in [0.1, 0.15) is 33.6 Å². The van der Waals surface area contributed by atoms with Crippen LogP contribution >= 0.6 is 0 Å². The van der Waals surface area contributed by atoms with Gasteiger partial charge in [-0.25, -0.2) is 4.79 Å². The van der Waals surface area contributed by atoms with Crippen molar-refractivity contribution >= 4 is 6.09 Å². The molecule has 0 aliphatic carbocycles. The summed E-state index contributed by atoms with van der Waals surface area (Å²) < 4.78 is 5.36. The van der Waals surface area contributed by atoms with E-state index in [-0.39, 0.29) is 11.5 Å². The smallest absolute Gasteiger partial charge is 0.410 e. The zero-order chi connectivity index (χ0) is 13.4. The van der Waals surface area contributed by atoms with Crippen LogP contribution in [0.4, 0.5) is 4.79 Å². The van der Waals surface area contributed by atoms with E-state index in [9.17, 15) is 9.90 Å². The van der Waals surface area contributed by atoms with E-state index < -0.39 is 11.7 Å². The van der Waals surface area contributed by atoms with Gasteiger partial charge in [0.1, 0.15) is 5.60 Å². The Morgan fingerprint density at radius 1 is 1.50 bits per heavy atom. The number of nitrogens with zero attached hydrogens (tertiary/aromatic N) is 1. The van der Waals surface area contributed by atoms with Crippen LogP contribution < -0.4 is 5.32 Å². The molecule has 5 heteroatoms. The molecular formula is C13H24N2O3. The van der Waals surface area contributed by atoms with E-state index in [4.69, 9.17) is 4.74 Å². The number of rotatable bonds is 0. The summed E-state index contributed by atoms with van der Waals surface area (Å²) in [5, 5.41) is 13.5. The van der Waals surface area contributed by atoms with Crippen molar-refractivity contribution in [2.24, 2.45) is 5.41 Å². The van der Waals surface area contributed by atoms with Gasteiger partial charge in [0.15, 0.2) is 0 Å². The van der Waals surface area contributed by atoms with Crippen LogP contribution in [-0.2, 0) is 4.74 Å². The zero-order valence-electron chi connectivity index (χ0n) is 11.5. The predicted molar refractivity (Wildman–Crippen MR) is 68.4 cm³/mol. The Morgan fingerprint density at radius 3 is 2.78 bits per heavy atom. The minimum atomic E-state index is -0.484. The second-order valence-corrected chi connectivity index (χ2v) is 6.52. The zero-order valence-corrected chi connectivity index (χ0v) is 11.5. The molecule has 2 saturated heterocycles. The minimum Gasteiger partial charge on any atom is -0.444 e. The highest BCUT2D eigenvalue weighted by molar-refractivity contribution is 5.68. The Kier molecular flexibility index (Phi) is 3.56. The average molecular weight is 256 g/mol. The predicted octanol–water partition coefficient (Wildman–Crippen LogP) is 0.968. The van der Waals surface area contributed by atoms with Crippen molar-refractivity contribution in [1.29, 1.82) is 0 Å². The maximum atomic E-state index is 12.0. The first-order valence-electron chi connectivity index (χ1n) is 6.69. The molecule has 1 unspecified atom stereocenters. The Hall–Kier alpha value is -0.810. The lowest BCUT2D eigenvalue weighted by Crippen LogP contribution is -2.47. The normalized spacial score (nSPS) is 32.9. The molecule has 2 atom stereocenters. The molecule has 1 amide bonds. The van der Waals surface area contributed by atoms with E-state index in [0.717, 1.165) is 25.9 Å². The monoisotopic (exact) mass is 256 g/mol. The van der Waals surface area contributed by atoms with E-state index >= 15 is 0 Å². The maximum absolute atomic E-state index is 12.0. The molecule has 0 aromatic rings. The summed E-state index contributed by atoms with van der Waals surface area (Å²) in [5.41, 5.74) is -0.655. The number of nitrogens with one attached hydrogen (secondary N) is 1. The fourth-order valence-electron chi connectivity index (χ4n) is 2.83. The summed E-state index contributed by atoms with van der Waals surface area (Å²) in [6.45, 7) is 8.33. The van der Waals surface area contributed by atoms with E-state index in [1.807, 2.05) is 20.8 Å². The lowest BCUT2D eigenvalue weighted by atomic mass is 9.78. The molecule has 0 saturated carbocycles. The molecule has 0 bridgehead atoms. The van der Waals surface area contributed by atoms with Crippen LogP contribution in [0, 0.1) is 5.41 Å². The fraction of sp³-hybridized carbons (Fsp3) is 0.923. The van der Waals surface area contributed by atoms with E-state index in [0.29, 0.717) is 13.1 Å². The molecule has 104 valence electrons. The number of hydrogen-bond acceptors (Lipinski definition) is 4. The topological polar surface area (TPSA) is 61.8 Å². The SMILES string of the molecule is CC(C)(C)OC(=O)N1C[C@@H](O)C2(CCCNC2)C1. The molecular weight excluding hydrogens is 232 g/mol. The number of carbonyl (C=O) groups excluding carboxylic acids is 1. The maximum Gasteiger partial charge on any atom is 0.410 e. The van der Waals surface area contributed by atoms with Gasteiger partial charge in [-0.05, 0) is 40.2 Å². The van der Waals surface area contributed by atoms with Crippen LogP contribution in [0.5, 0.6) is 0 Å². The van der Waals surface area contributed by atoms with Crippen molar-refractivity contribution in [2.75, 3.05) is 26.2 Å². The number of aliphatic hydroxyl groups excluding tert-OH is 1. The molecule has 0 aromatic heterocycles. The quantitative estimate of drug-likeness (QED) is 0.678. The summed E-state index contributed by atoms with van der Waals surface area (Å²) in [6, 6.07) is 0. The fourth-order valence-corrected chi connectivity index (χ4v) is 2.83. The Labute approximate surface area is 108 Å². The standard InChI is InChI=1S/C13H24N2O3/c1-12(2,3)18-11(17)15-7-10(16)13(9-15)5-4-6-14-8-13/h10,14,16H,4-9H2,1-3H3/t10-,13?/m1/s1. The number of likely N-dealkylation sites (tertiary alicyclic amines) is 1. The van der Waals surface area contributed by atoms with Crippen LogP contribution in [0.15, 0.2) is 0 Å². The first kappa shape index (κ1) is 13.6. The number of ether oxygens (including phenoxy) is 1. The molecule has 2 N–H and O–H groups in total. The number of amides is 1. The van der Waals surface area contributed by atoms with Gasteiger partial charge in [-0.15, -0.1) is 0 Å². The number of aliphatic hydroxyl groups is 1. The van der Waals surface area contributed by atoms with Crippen molar-refractivity contribution in [3.8, 4) is 0 Å². The van der Waals surface area contributed by atoms with Gasteiger partial charge in [-0.1, -0.05) is 0 Å². The highest BCUT2D eigenvalue weighted by Crippen LogP contribution is 2.37. The molecule has 5 nitrogen and oxygen atoms in total. The second-order valence-electron chi connectivity index (χ2n) is 6.52. The first-order chi connectivity index (χ1) is 8.32. The summed E-state index contributed by atoms with van der Waals surface area (Å²) in [6.07, 6.45) is 1.27. The van der Waals surface area contributed by atoms with Crippen molar-refractivity contribution in [3.05, 3.63) is 0 Å². The average Bonchev–Trinajstić information content (AvgIpc) is 2.56. The van der Waals surface area contributed by atoms with Crippen molar-refractivity contribution in [2.45, 2.75) is 45.3 Å². The molecule has 2 rings (SSSR count). The Bertz CT molecular complexity index is 319. The molecule has 0 radical (unpaired) electrons. The molecule has 18 heavy (non-hydrogen) atoms. The molecule has 1 spiro atoms. The first-order valence-corrected chi connectivity index (χ1v) is 6.69. The Morgan fingerprint density at radius 2 is 2.22 bits per heavy atom. The third-order valence-corrected chi connectivity index (χ3v) is 3.76. The third-order valence-electron chi connectivity index (χ3n) is 3.76. The largest absolute Gasteiger partial charge is 0.444 e. The molecule has 2 aliphatic heterocycles. The van der Waals surface area contributed by atoms with Gasteiger partial charge in [-0.3, -0.25) is 0 Å². The number of carbonyl (C=O) groups is 1. The molecule has 2 aliphatic rings. The summed E-state index contributed by atoms with van der Waals surface area (Å²) in [4.78, 5) is 13.6. The minimum absolute atomic E-state index is 0.171. The summed E-state index contributed by atoms with van der Waals surface area (Å²) in [7, 11) is 0. The van der Waals surface area contributed by atoms with Crippen LogP contribution in [0.25, 0.3) is 0 Å². The number of hydrogen-bond donors (Lipinski definition) is 2. The molecule has 0 aromatic carbocycles. The lowest BCUT2D eigenvalue weighted by Gasteiger charge is -2.36. The molecule has 2 fully saturated rings. The van der Waals surface area contributed by atoms with Crippen molar-refractivity contribution in [3.63, 3.8) is 0 Å². The van der Waals surface area contributed by atoms with Crippen LogP contribution in [0.3, 0.4) is 0 Å². The van der Waals surface area contributed by atoms with Gasteiger partial charge < -0.3 is 20.1 Å². The highest BCUT2D eigenvalue weighted by Gasteiger charge is 2.48. The summed E-state index contributed by atoms with van der Waals surface area (Å²) >= 11 is 0. The number of piperidine rings is 1. The van der Waals surface area contributed by atoms with Gasteiger partial charge in [0, 0.05) is 18.5 Å². The van der Waals surface area contributed by atoms with Gasteiger partial charge >= 0.3 is 6.09 Å². The second kappa shape index (κ2) is 4.70. The van der Waals surface area contributed by atoms with Gasteiger partial charge in [0.2, 0.25) is 0 Å². The van der Waals surface area contributed by atoms with Crippen LogP contribution in [0.2, 0.25) is 0 Å². The number of β-amino-alcohol motifs (C(OH)–C–C–N with tert-alkyl or cyclic N) is 1. The van der Waals surface area contributed by atoms with Crippen LogP contribution in [-0.4, -0.2) is 54.0 Å². The van der Waals surface area contributed by atoms with Gasteiger partial charge in [0.25, 0.3) is 0 Å². The lowest BCUT2D eigenvalue weighted by molar-refractivity contribution is 0.0266.